The monoisotopic (exact) mass is 586 g/mol. The van der Waals surface area contributed by atoms with E-state index in [1.165, 1.54) is 19.4 Å². The van der Waals surface area contributed by atoms with E-state index in [9.17, 15) is 39.0 Å². The van der Waals surface area contributed by atoms with Gasteiger partial charge in [-0.1, -0.05) is 50.1 Å². The lowest BCUT2D eigenvalue weighted by atomic mass is 10.0. The number of H-pyrrole nitrogens is 1. The zero-order valence-electron chi connectivity index (χ0n) is 23.6. The third kappa shape index (κ3) is 11.8. The molecule has 0 aliphatic rings. The summed E-state index contributed by atoms with van der Waals surface area (Å²) >= 11 is 0. The molecule has 0 saturated heterocycles. The number of aromatic amines is 1. The molecule has 2 rings (SSSR count). The fraction of sp³-hybridized carbons (Fsp3) is 0.464. The van der Waals surface area contributed by atoms with Crippen molar-refractivity contribution in [1.82, 2.24) is 31.2 Å². The molecule has 1 heterocycles. The smallest absolute Gasteiger partial charge is 0.326 e. The molecule has 1 aromatic carbocycles. The predicted octanol–water partition coefficient (Wildman–Crippen LogP) is 0.294. The molecule has 14 nitrogen and oxygen atoms in total. The molecule has 42 heavy (non-hydrogen) atoms. The van der Waals surface area contributed by atoms with Crippen molar-refractivity contribution in [1.29, 1.82) is 0 Å². The van der Waals surface area contributed by atoms with Gasteiger partial charge in [-0.15, -0.1) is 0 Å². The van der Waals surface area contributed by atoms with Crippen LogP contribution in [0.25, 0.3) is 0 Å². The largest absolute Gasteiger partial charge is 0.481 e. The number of aromatic nitrogens is 2. The standard InChI is InChI=1S/C28H38N6O8/c1-3-4-10-20(31-17(2)35)25(38)32-21(11-12-24(36)37)26(39)33-22(14-19-15-29-16-30-19)27(40)34-23(28(41)42)13-18-8-6-5-7-9-18/h5-9,15-16,20-23H,3-4,10-14H2,1-2H3,(H,29,30)(H,31,35)(H,32,38)(H,33,39)(H,34,40)(H,36,37)(H,41,42)/t20-,21-,22-,23+/m0/s1. The Morgan fingerprint density at radius 1 is 0.810 bits per heavy atom. The van der Waals surface area contributed by atoms with Crippen LogP contribution in [0.3, 0.4) is 0 Å². The van der Waals surface area contributed by atoms with Crippen LogP contribution >= 0.6 is 0 Å². The Kier molecular flexibility index (Phi) is 13.7. The zero-order valence-corrected chi connectivity index (χ0v) is 23.6. The van der Waals surface area contributed by atoms with Gasteiger partial charge in [0.15, 0.2) is 0 Å². The van der Waals surface area contributed by atoms with E-state index >= 15 is 0 Å². The van der Waals surface area contributed by atoms with Crippen molar-refractivity contribution in [3.63, 3.8) is 0 Å². The van der Waals surface area contributed by atoms with Crippen LogP contribution in [0.5, 0.6) is 0 Å². The first-order valence-corrected chi connectivity index (χ1v) is 13.6. The second-order valence-corrected chi connectivity index (χ2v) is 9.80. The highest BCUT2D eigenvalue weighted by Crippen LogP contribution is 2.08. The average Bonchev–Trinajstić information content (AvgIpc) is 3.45. The number of carbonyl (C=O) groups excluding carboxylic acids is 4. The minimum Gasteiger partial charge on any atom is -0.481 e. The van der Waals surface area contributed by atoms with Crippen LogP contribution in [-0.4, -0.2) is 79.9 Å². The summed E-state index contributed by atoms with van der Waals surface area (Å²) in [5.41, 5.74) is 1.06. The van der Waals surface area contributed by atoms with Crippen LogP contribution in [0.4, 0.5) is 0 Å². The Morgan fingerprint density at radius 3 is 1.95 bits per heavy atom. The predicted molar refractivity (Wildman–Crippen MR) is 150 cm³/mol. The summed E-state index contributed by atoms with van der Waals surface area (Å²) in [6.45, 7) is 3.16. The van der Waals surface area contributed by atoms with E-state index in [2.05, 4.69) is 31.2 Å². The van der Waals surface area contributed by atoms with Crippen molar-refractivity contribution >= 4 is 35.6 Å². The molecule has 0 unspecified atom stereocenters. The lowest BCUT2D eigenvalue weighted by molar-refractivity contribution is -0.142. The van der Waals surface area contributed by atoms with Crippen molar-refractivity contribution in [2.45, 2.75) is 83.0 Å². The Balaban J connectivity index is 2.25. The molecular formula is C28H38N6O8. The Bertz CT molecular complexity index is 1200. The van der Waals surface area contributed by atoms with Gasteiger partial charge in [0.25, 0.3) is 0 Å². The van der Waals surface area contributed by atoms with Gasteiger partial charge in [-0.05, 0) is 18.4 Å². The zero-order chi connectivity index (χ0) is 31.1. The minimum atomic E-state index is -1.36. The number of nitrogens with zero attached hydrogens (tertiary/aromatic N) is 1. The maximum atomic E-state index is 13.4. The van der Waals surface area contributed by atoms with Crippen LogP contribution in [0, 0.1) is 0 Å². The van der Waals surface area contributed by atoms with Gasteiger partial charge in [0.2, 0.25) is 23.6 Å². The molecule has 1 aromatic heterocycles. The van der Waals surface area contributed by atoms with E-state index in [0.717, 1.165) is 6.42 Å². The number of unbranched alkanes of at least 4 members (excludes halogenated alkanes) is 1. The number of carboxylic acids is 2. The molecule has 4 amide bonds. The van der Waals surface area contributed by atoms with Gasteiger partial charge in [0, 0.05) is 32.4 Å². The lowest BCUT2D eigenvalue weighted by Gasteiger charge is -2.25. The van der Waals surface area contributed by atoms with E-state index in [-0.39, 0.29) is 19.3 Å². The number of carbonyl (C=O) groups is 6. The summed E-state index contributed by atoms with van der Waals surface area (Å²) in [4.78, 5) is 81.4. The Labute approximate surface area is 243 Å². The number of imidazole rings is 1. The van der Waals surface area contributed by atoms with Gasteiger partial charge in [-0.25, -0.2) is 9.78 Å². The highest BCUT2D eigenvalue weighted by Gasteiger charge is 2.32. The third-order valence-electron chi connectivity index (χ3n) is 6.32. The highest BCUT2D eigenvalue weighted by atomic mass is 16.4. The van der Waals surface area contributed by atoms with Gasteiger partial charge in [-0.3, -0.25) is 24.0 Å². The average molecular weight is 587 g/mol. The molecular weight excluding hydrogens is 548 g/mol. The molecule has 7 N–H and O–H groups in total. The third-order valence-corrected chi connectivity index (χ3v) is 6.32. The first-order valence-electron chi connectivity index (χ1n) is 13.6. The van der Waals surface area contributed by atoms with Crippen LogP contribution < -0.4 is 21.3 Å². The quantitative estimate of drug-likeness (QED) is 0.127. The second-order valence-electron chi connectivity index (χ2n) is 9.80. The normalized spacial score (nSPS) is 13.6. The minimum absolute atomic E-state index is 0.00935. The molecule has 0 bridgehead atoms. The maximum Gasteiger partial charge on any atom is 0.326 e. The fourth-order valence-electron chi connectivity index (χ4n) is 4.15. The van der Waals surface area contributed by atoms with Crippen molar-refractivity contribution in [3.05, 3.63) is 54.1 Å². The topological polar surface area (TPSA) is 220 Å². The molecule has 0 spiro atoms. The van der Waals surface area contributed by atoms with Crippen LogP contribution in [-0.2, 0) is 41.6 Å². The SMILES string of the molecule is CCCC[C@H](NC(C)=O)C(=O)N[C@@H](CCC(=O)O)C(=O)N[C@@H](Cc1c[nH]cn1)C(=O)N[C@H](Cc1ccccc1)C(=O)O. The summed E-state index contributed by atoms with van der Waals surface area (Å²) in [7, 11) is 0. The van der Waals surface area contributed by atoms with Gasteiger partial charge in [0.1, 0.15) is 24.2 Å². The summed E-state index contributed by atoms with van der Waals surface area (Å²) in [6, 6.07) is 3.76. The van der Waals surface area contributed by atoms with Crippen molar-refractivity contribution < 1.29 is 39.0 Å². The molecule has 2 aromatic rings. The maximum absolute atomic E-state index is 13.4. The molecule has 0 fully saturated rings. The molecule has 0 radical (unpaired) electrons. The molecule has 14 heteroatoms. The lowest BCUT2D eigenvalue weighted by Crippen LogP contribution is -2.58. The number of hydrogen-bond acceptors (Lipinski definition) is 7. The van der Waals surface area contributed by atoms with Crippen molar-refractivity contribution in [2.24, 2.45) is 0 Å². The number of nitrogens with one attached hydrogen (secondary N) is 5. The number of amides is 4. The van der Waals surface area contributed by atoms with Crippen LogP contribution in [0.2, 0.25) is 0 Å². The molecule has 4 atom stereocenters. The Morgan fingerprint density at radius 2 is 1.40 bits per heavy atom. The number of rotatable bonds is 18. The van der Waals surface area contributed by atoms with E-state index < -0.39 is 66.2 Å². The number of aliphatic carboxylic acids is 2. The summed E-state index contributed by atoms with van der Waals surface area (Å²) in [6.07, 6.45) is 3.64. The highest BCUT2D eigenvalue weighted by molar-refractivity contribution is 5.95. The second kappa shape index (κ2) is 17.1. The van der Waals surface area contributed by atoms with Crippen LogP contribution in [0.1, 0.15) is 57.2 Å². The number of hydrogen-bond donors (Lipinski definition) is 7. The molecule has 228 valence electrons. The fourth-order valence-corrected chi connectivity index (χ4v) is 4.15. The number of carboxylic acid groups (broad SMARTS) is 2. The first kappa shape index (κ1) is 33.5. The molecule has 0 aliphatic carbocycles. The van der Waals surface area contributed by atoms with Crippen molar-refractivity contribution in [2.75, 3.05) is 0 Å². The summed E-state index contributed by atoms with van der Waals surface area (Å²) in [5, 5.41) is 29.0. The Hall–Kier alpha value is -4.75. The van der Waals surface area contributed by atoms with E-state index in [1.54, 1.807) is 30.3 Å². The van der Waals surface area contributed by atoms with Crippen molar-refractivity contribution in [3.8, 4) is 0 Å². The van der Waals surface area contributed by atoms with Crippen LogP contribution in [0.15, 0.2) is 42.9 Å². The van der Waals surface area contributed by atoms with Gasteiger partial charge in [0.05, 0.1) is 12.0 Å². The van der Waals surface area contributed by atoms with E-state index in [4.69, 9.17) is 0 Å². The summed E-state index contributed by atoms with van der Waals surface area (Å²) < 4.78 is 0. The van der Waals surface area contributed by atoms with Gasteiger partial charge in [-0.2, -0.15) is 0 Å². The van der Waals surface area contributed by atoms with E-state index in [0.29, 0.717) is 24.1 Å². The summed E-state index contributed by atoms with van der Waals surface area (Å²) in [5.74, 6) is -5.27. The van der Waals surface area contributed by atoms with E-state index in [1.807, 2.05) is 6.92 Å². The number of benzene rings is 1. The molecule has 0 saturated carbocycles. The molecule has 0 aliphatic heterocycles. The first-order chi connectivity index (χ1) is 20.0. The van der Waals surface area contributed by atoms with Gasteiger partial charge < -0.3 is 36.5 Å². The van der Waals surface area contributed by atoms with Gasteiger partial charge >= 0.3 is 11.9 Å².